The predicted molar refractivity (Wildman–Crippen MR) is 60.4 cm³/mol. The summed E-state index contributed by atoms with van der Waals surface area (Å²) in [5.41, 5.74) is 5.15. The Kier molecular flexibility index (Phi) is 4.09. The molecule has 0 radical (unpaired) electrons. The topological polar surface area (TPSA) is 85.1 Å². The summed E-state index contributed by atoms with van der Waals surface area (Å²) >= 11 is 11.4. The molecule has 0 saturated heterocycles. The molecule has 5 nitrogen and oxygen atoms in total. The van der Waals surface area contributed by atoms with Gasteiger partial charge in [0.2, 0.25) is 5.91 Å². The molecule has 1 aromatic rings. The zero-order valence-corrected chi connectivity index (χ0v) is 9.84. The second-order valence-electron chi connectivity index (χ2n) is 3.08. The third kappa shape index (κ3) is 3.08. The van der Waals surface area contributed by atoms with E-state index in [4.69, 9.17) is 28.9 Å². The van der Waals surface area contributed by atoms with Crippen LogP contribution < -0.4 is 11.1 Å². The van der Waals surface area contributed by atoms with Gasteiger partial charge in [-0.3, -0.25) is 9.59 Å². The van der Waals surface area contributed by atoms with Crippen molar-refractivity contribution >= 4 is 35.0 Å². The highest BCUT2D eigenvalue weighted by molar-refractivity contribution is 6.35. The zero-order valence-electron chi connectivity index (χ0n) is 8.33. The summed E-state index contributed by atoms with van der Waals surface area (Å²) in [6.45, 7) is 1.47. The number of carbonyl (C=O) groups is 2. The van der Waals surface area contributed by atoms with Crippen molar-refractivity contribution in [1.82, 2.24) is 10.3 Å². The fraction of sp³-hybridized carbons (Fsp3) is 0.222. The number of hydrogen-bond acceptors (Lipinski definition) is 3. The quantitative estimate of drug-likeness (QED) is 0.796. The highest BCUT2D eigenvalue weighted by Crippen LogP contribution is 2.17. The average molecular weight is 262 g/mol. The molecule has 0 aliphatic heterocycles. The molecular weight excluding hydrogens is 253 g/mol. The number of carbonyl (C=O) groups excluding carboxylic acids is 2. The SMILES string of the molecule is CC(NC(=O)c1cc(Cl)ncc1Cl)C(N)=O. The fourth-order valence-electron chi connectivity index (χ4n) is 0.933. The number of rotatable bonds is 3. The van der Waals surface area contributed by atoms with Crippen LogP contribution in [0.25, 0.3) is 0 Å². The molecule has 0 spiro atoms. The van der Waals surface area contributed by atoms with Gasteiger partial charge in [0.15, 0.2) is 0 Å². The standard InChI is InChI=1S/C9H9Cl2N3O2/c1-4(8(12)15)14-9(16)5-2-7(11)13-3-6(5)10/h2-4H,1H3,(H2,12,15)(H,14,16). The number of aromatic nitrogens is 1. The molecule has 86 valence electrons. The molecule has 3 N–H and O–H groups in total. The van der Waals surface area contributed by atoms with Gasteiger partial charge in [-0.1, -0.05) is 23.2 Å². The number of nitrogens with two attached hydrogens (primary N) is 1. The van der Waals surface area contributed by atoms with E-state index in [-0.39, 0.29) is 15.7 Å². The minimum Gasteiger partial charge on any atom is -0.368 e. The van der Waals surface area contributed by atoms with Crippen LogP contribution in [0.4, 0.5) is 0 Å². The van der Waals surface area contributed by atoms with E-state index < -0.39 is 17.9 Å². The molecule has 16 heavy (non-hydrogen) atoms. The van der Waals surface area contributed by atoms with E-state index in [1.54, 1.807) is 0 Å². The summed E-state index contributed by atoms with van der Waals surface area (Å²) in [7, 11) is 0. The minimum absolute atomic E-state index is 0.140. The minimum atomic E-state index is -0.782. The molecule has 0 aliphatic carbocycles. The first-order chi connectivity index (χ1) is 7.41. The molecule has 2 amide bonds. The van der Waals surface area contributed by atoms with Crippen LogP contribution in [0.15, 0.2) is 12.3 Å². The molecule has 0 bridgehead atoms. The summed E-state index contributed by atoms with van der Waals surface area (Å²) in [5.74, 6) is -1.16. The van der Waals surface area contributed by atoms with Gasteiger partial charge in [0, 0.05) is 6.20 Å². The van der Waals surface area contributed by atoms with Crippen LogP contribution in [-0.4, -0.2) is 22.8 Å². The second kappa shape index (κ2) is 5.14. The lowest BCUT2D eigenvalue weighted by atomic mass is 10.2. The van der Waals surface area contributed by atoms with E-state index in [2.05, 4.69) is 10.3 Å². The molecule has 1 unspecified atom stereocenters. The summed E-state index contributed by atoms with van der Waals surface area (Å²) in [6.07, 6.45) is 1.26. The van der Waals surface area contributed by atoms with Gasteiger partial charge in [0.25, 0.3) is 5.91 Å². The Morgan fingerprint density at radius 2 is 2.12 bits per heavy atom. The molecule has 1 rings (SSSR count). The van der Waals surface area contributed by atoms with Crippen molar-refractivity contribution in [2.45, 2.75) is 13.0 Å². The van der Waals surface area contributed by atoms with Gasteiger partial charge in [-0.05, 0) is 13.0 Å². The smallest absolute Gasteiger partial charge is 0.253 e. The van der Waals surface area contributed by atoms with Gasteiger partial charge in [0.1, 0.15) is 11.2 Å². The van der Waals surface area contributed by atoms with Crippen LogP contribution in [0.2, 0.25) is 10.2 Å². The molecular formula is C9H9Cl2N3O2. The third-order valence-corrected chi connectivity index (χ3v) is 2.35. The zero-order chi connectivity index (χ0) is 12.3. The maximum absolute atomic E-state index is 11.6. The van der Waals surface area contributed by atoms with E-state index in [1.165, 1.54) is 19.2 Å². The van der Waals surface area contributed by atoms with Gasteiger partial charge in [-0.2, -0.15) is 0 Å². The first-order valence-corrected chi connectivity index (χ1v) is 5.08. The van der Waals surface area contributed by atoms with Gasteiger partial charge in [-0.15, -0.1) is 0 Å². The first kappa shape index (κ1) is 12.7. The van der Waals surface area contributed by atoms with E-state index in [0.29, 0.717) is 0 Å². The van der Waals surface area contributed by atoms with Crippen LogP contribution in [0, 0.1) is 0 Å². The van der Waals surface area contributed by atoms with E-state index in [0.717, 1.165) is 0 Å². The lowest BCUT2D eigenvalue weighted by Crippen LogP contribution is -2.42. The number of nitrogens with one attached hydrogen (secondary N) is 1. The summed E-state index contributed by atoms with van der Waals surface area (Å²) in [4.78, 5) is 26.1. The van der Waals surface area contributed by atoms with Crippen molar-refractivity contribution in [1.29, 1.82) is 0 Å². The highest BCUT2D eigenvalue weighted by atomic mass is 35.5. The molecule has 1 heterocycles. The van der Waals surface area contributed by atoms with Crippen LogP contribution in [-0.2, 0) is 4.79 Å². The number of pyridine rings is 1. The van der Waals surface area contributed by atoms with Crippen LogP contribution in [0.5, 0.6) is 0 Å². The third-order valence-electron chi connectivity index (χ3n) is 1.84. The van der Waals surface area contributed by atoms with E-state index >= 15 is 0 Å². The normalized spacial score (nSPS) is 11.9. The lowest BCUT2D eigenvalue weighted by Gasteiger charge is -2.10. The Morgan fingerprint density at radius 1 is 1.50 bits per heavy atom. The van der Waals surface area contributed by atoms with Gasteiger partial charge in [-0.25, -0.2) is 4.98 Å². The fourth-order valence-corrected chi connectivity index (χ4v) is 1.28. The Bertz CT molecular complexity index is 437. The largest absolute Gasteiger partial charge is 0.368 e. The average Bonchev–Trinajstić information content (AvgIpc) is 2.21. The highest BCUT2D eigenvalue weighted by Gasteiger charge is 2.16. The Labute approximate surface area is 102 Å². The lowest BCUT2D eigenvalue weighted by molar-refractivity contribution is -0.119. The maximum Gasteiger partial charge on any atom is 0.253 e. The first-order valence-electron chi connectivity index (χ1n) is 4.33. The van der Waals surface area contributed by atoms with Crippen LogP contribution in [0.3, 0.4) is 0 Å². The van der Waals surface area contributed by atoms with Gasteiger partial charge >= 0.3 is 0 Å². The summed E-state index contributed by atoms with van der Waals surface area (Å²) in [5, 5.41) is 2.67. The van der Waals surface area contributed by atoms with Gasteiger partial charge in [0.05, 0.1) is 10.6 Å². The van der Waals surface area contributed by atoms with Crippen molar-refractivity contribution in [3.63, 3.8) is 0 Å². The molecule has 1 atom stereocenters. The van der Waals surface area contributed by atoms with Crippen LogP contribution in [0.1, 0.15) is 17.3 Å². The number of primary amides is 1. The Hall–Kier alpha value is -1.33. The predicted octanol–water partition coefficient (Wildman–Crippen LogP) is 0.992. The molecule has 0 fully saturated rings. The molecule has 7 heteroatoms. The molecule has 0 saturated carbocycles. The Balaban J connectivity index is 2.88. The summed E-state index contributed by atoms with van der Waals surface area (Å²) in [6, 6.07) is 0.530. The molecule has 0 aromatic carbocycles. The number of halogens is 2. The monoisotopic (exact) mass is 261 g/mol. The van der Waals surface area contributed by atoms with Crippen molar-refractivity contribution in [2.75, 3.05) is 0 Å². The number of amides is 2. The van der Waals surface area contributed by atoms with Crippen molar-refractivity contribution in [2.24, 2.45) is 5.73 Å². The second-order valence-corrected chi connectivity index (χ2v) is 3.88. The summed E-state index contributed by atoms with van der Waals surface area (Å²) < 4.78 is 0. The Morgan fingerprint density at radius 3 is 2.69 bits per heavy atom. The van der Waals surface area contributed by atoms with Crippen molar-refractivity contribution < 1.29 is 9.59 Å². The molecule has 0 aliphatic rings. The van der Waals surface area contributed by atoms with Crippen molar-refractivity contribution in [3.05, 3.63) is 28.0 Å². The number of hydrogen-bond donors (Lipinski definition) is 2. The number of nitrogens with zero attached hydrogens (tertiary/aromatic N) is 1. The molecule has 1 aromatic heterocycles. The van der Waals surface area contributed by atoms with Crippen molar-refractivity contribution in [3.8, 4) is 0 Å². The van der Waals surface area contributed by atoms with E-state index in [1.807, 2.05) is 0 Å². The van der Waals surface area contributed by atoms with E-state index in [9.17, 15) is 9.59 Å². The maximum atomic E-state index is 11.6. The van der Waals surface area contributed by atoms with Crippen LogP contribution >= 0.6 is 23.2 Å². The van der Waals surface area contributed by atoms with Gasteiger partial charge < -0.3 is 11.1 Å².